The first-order valence-corrected chi connectivity index (χ1v) is 9.49. The first kappa shape index (κ1) is 19.4. The SMILES string of the molecule is Cc1ccccc1C(=O)NCCC(=O)NCCCN1CCCCCC1. The molecule has 25 heavy (non-hydrogen) atoms. The highest BCUT2D eigenvalue weighted by molar-refractivity contribution is 5.95. The summed E-state index contributed by atoms with van der Waals surface area (Å²) in [6, 6.07) is 7.46. The van der Waals surface area contributed by atoms with Gasteiger partial charge in [0.1, 0.15) is 0 Å². The average molecular weight is 345 g/mol. The fourth-order valence-electron chi connectivity index (χ4n) is 3.19. The number of aryl methyl sites for hydroxylation is 1. The molecular weight excluding hydrogens is 314 g/mol. The minimum absolute atomic E-state index is 0.000880. The Morgan fingerprint density at radius 1 is 1.00 bits per heavy atom. The van der Waals surface area contributed by atoms with Gasteiger partial charge in [-0.05, 0) is 57.5 Å². The molecule has 0 saturated carbocycles. The molecule has 1 aliphatic rings. The molecule has 0 unspecified atom stereocenters. The zero-order valence-corrected chi connectivity index (χ0v) is 15.4. The van der Waals surface area contributed by atoms with Crippen molar-refractivity contribution in [1.82, 2.24) is 15.5 Å². The zero-order valence-electron chi connectivity index (χ0n) is 15.4. The molecule has 1 aromatic rings. The Kier molecular flexibility index (Phi) is 8.46. The van der Waals surface area contributed by atoms with Crippen molar-refractivity contribution in [3.05, 3.63) is 35.4 Å². The fraction of sp³-hybridized carbons (Fsp3) is 0.600. The zero-order chi connectivity index (χ0) is 17.9. The highest BCUT2D eigenvalue weighted by Crippen LogP contribution is 2.09. The topological polar surface area (TPSA) is 61.4 Å². The second-order valence-electron chi connectivity index (χ2n) is 6.78. The predicted molar refractivity (Wildman–Crippen MR) is 101 cm³/mol. The number of likely N-dealkylation sites (tertiary alicyclic amines) is 1. The molecule has 1 saturated heterocycles. The van der Waals surface area contributed by atoms with Crippen LogP contribution in [-0.2, 0) is 4.79 Å². The van der Waals surface area contributed by atoms with Crippen LogP contribution in [0.2, 0.25) is 0 Å². The number of amides is 2. The number of hydrogen-bond acceptors (Lipinski definition) is 3. The Hall–Kier alpha value is -1.88. The summed E-state index contributed by atoms with van der Waals surface area (Å²) in [4.78, 5) is 26.4. The minimum Gasteiger partial charge on any atom is -0.356 e. The first-order chi connectivity index (χ1) is 12.2. The van der Waals surface area contributed by atoms with E-state index in [-0.39, 0.29) is 11.8 Å². The van der Waals surface area contributed by atoms with Gasteiger partial charge in [0.15, 0.2) is 0 Å². The van der Waals surface area contributed by atoms with Crippen molar-refractivity contribution in [3.8, 4) is 0 Å². The van der Waals surface area contributed by atoms with Gasteiger partial charge in [0.25, 0.3) is 5.91 Å². The molecule has 0 radical (unpaired) electrons. The van der Waals surface area contributed by atoms with Crippen molar-refractivity contribution in [1.29, 1.82) is 0 Å². The maximum absolute atomic E-state index is 12.1. The Labute approximate surface area is 151 Å². The molecular formula is C20H31N3O2. The van der Waals surface area contributed by atoms with Crippen LogP contribution in [0.3, 0.4) is 0 Å². The molecule has 2 rings (SSSR count). The van der Waals surface area contributed by atoms with Crippen molar-refractivity contribution in [3.63, 3.8) is 0 Å². The van der Waals surface area contributed by atoms with E-state index >= 15 is 0 Å². The molecule has 0 aliphatic carbocycles. The lowest BCUT2D eigenvalue weighted by molar-refractivity contribution is -0.120. The van der Waals surface area contributed by atoms with Crippen LogP contribution in [-0.4, -0.2) is 49.4 Å². The number of carbonyl (C=O) groups is 2. The van der Waals surface area contributed by atoms with Gasteiger partial charge in [0.05, 0.1) is 0 Å². The summed E-state index contributed by atoms with van der Waals surface area (Å²) in [7, 11) is 0. The van der Waals surface area contributed by atoms with E-state index in [2.05, 4.69) is 15.5 Å². The van der Waals surface area contributed by atoms with E-state index in [1.165, 1.54) is 38.8 Å². The summed E-state index contributed by atoms with van der Waals surface area (Å²) in [6.07, 6.45) is 6.60. The van der Waals surface area contributed by atoms with Gasteiger partial charge >= 0.3 is 0 Å². The summed E-state index contributed by atoms with van der Waals surface area (Å²) < 4.78 is 0. The highest BCUT2D eigenvalue weighted by Gasteiger charge is 2.10. The molecule has 0 spiro atoms. The summed E-state index contributed by atoms with van der Waals surface area (Å²) in [5.41, 5.74) is 1.61. The van der Waals surface area contributed by atoms with E-state index in [9.17, 15) is 9.59 Å². The number of benzene rings is 1. The van der Waals surface area contributed by atoms with Crippen LogP contribution in [0, 0.1) is 6.92 Å². The first-order valence-electron chi connectivity index (χ1n) is 9.49. The second-order valence-corrected chi connectivity index (χ2v) is 6.78. The molecule has 0 atom stereocenters. The number of hydrogen-bond donors (Lipinski definition) is 2. The fourth-order valence-corrected chi connectivity index (χ4v) is 3.19. The molecule has 138 valence electrons. The standard InChI is InChI=1S/C20H31N3O2/c1-17-9-4-5-10-18(17)20(25)22-13-11-19(24)21-12-8-16-23-14-6-2-3-7-15-23/h4-5,9-10H,2-3,6-8,11-16H2,1H3,(H,21,24)(H,22,25). The second kappa shape index (κ2) is 10.9. The van der Waals surface area contributed by atoms with Gasteiger partial charge in [-0.2, -0.15) is 0 Å². The maximum Gasteiger partial charge on any atom is 0.251 e. The number of nitrogens with zero attached hydrogens (tertiary/aromatic N) is 1. The van der Waals surface area contributed by atoms with Gasteiger partial charge in [-0.1, -0.05) is 31.0 Å². The predicted octanol–water partition coefficient (Wildman–Crippen LogP) is 2.50. The molecule has 5 nitrogen and oxygen atoms in total. The van der Waals surface area contributed by atoms with Crippen molar-refractivity contribution < 1.29 is 9.59 Å². The molecule has 2 amide bonds. The van der Waals surface area contributed by atoms with Gasteiger partial charge in [0.2, 0.25) is 5.91 Å². The summed E-state index contributed by atoms with van der Waals surface area (Å²) in [5, 5.41) is 5.76. The molecule has 2 N–H and O–H groups in total. The average Bonchev–Trinajstić information content (AvgIpc) is 2.88. The van der Waals surface area contributed by atoms with E-state index in [0.29, 0.717) is 25.1 Å². The van der Waals surface area contributed by atoms with Crippen molar-refractivity contribution in [2.75, 3.05) is 32.7 Å². The van der Waals surface area contributed by atoms with Crippen LogP contribution >= 0.6 is 0 Å². The number of carbonyl (C=O) groups excluding carboxylic acids is 2. The van der Waals surface area contributed by atoms with Gasteiger partial charge in [-0.25, -0.2) is 0 Å². The lowest BCUT2D eigenvalue weighted by Crippen LogP contribution is -2.33. The number of nitrogens with one attached hydrogen (secondary N) is 2. The van der Waals surface area contributed by atoms with E-state index in [1.807, 2.05) is 25.1 Å². The van der Waals surface area contributed by atoms with Gasteiger partial charge in [-0.15, -0.1) is 0 Å². The van der Waals surface area contributed by atoms with Crippen LogP contribution in [0.1, 0.15) is 54.4 Å². The molecule has 1 heterocycles. The molecule has 0 aromatic heterocycles. The van der Waals surface area contributed by atoms with Crippen LogP contribution in [0.25, 0.3) is 0 Å². The van der Waals surface area contributed by atoms with E-state index in [1.54, 1.807) is 6.07 Å². The smallest absolute Gasteiger partial charge is 0.251 e. The summed E-state index contributed by atoms with van der Waals surface area (Å²) >= 11 is 0. The van der Waals surface area contributed by atoms with Crippen LogP contribution in [0.5, 0.6) is 0 Å². The van der Waals surface area contributed by atoms with Crippen LogP contribution in [0.4, 0.5) is 0 Å². The van der Waals surface area contributed by atoms with Crippen molar-refractivity contribution in [2.45, 2.75) is 45.4 Å². The maximum atomic E-state index is 12.1. The quantitative estimate of drug-likeness (QED) is 0.712. The normalized spacial score (nSPS) is 15.4. The molecule has 1 fully saturated rings. The Morgan fingerprint density at radius 2 is 1.72 bits per heavy atom. The molecule has 5 heteroatoms. The summed E-state index contributed by atoms with van der Waals surface area (Å²) in [5.74, 6) is -0.118. The molecule has 1 aromatic carbocycles. The van der Waals surface area contributed by atoms with E-state index in [4.69, 9.17) is 0 Å². The largest absolute Gasteiger partial charge is 0.356 e. The van der Waals surface area contributed by atoms with Gasteiger partial charge in [0, 0.05) is 25.1 Å². The third-order valence-electron chi connectivity index (χ3n) is 4.70. The Balaban J connectivity index is 1.55. The Morgan fingerprint density at radius 3 is 2.44 bits per heavy atom. The molecule has 0 bridgehead atoms. The lowest BCUT2D eigenvalue weighted by atomic mass is 10.1. The van der Waals surface area contributed by atoms with Gasteiger partial charge < -0.3 is 15.5 Å². The van der Waals surface area contributed by atoms with E-state index in [0.717, 1.165) is 18.5 Å². The third-order valence-corrected chi connectivity index (χ3v) is 4.70. The van der Waals surface area contributed by atoms with Crippen LogP contribution in [0.15, 0.2) is 24.3 Å². The monoisotopic (exact) mass is 345 g/mol. The summed E-state index contributed by atoms with van der Waals surface area (Å²) in [6.45, 7) is 6.43. The van der Waals surface area contributed by atoms with Crippen LogP contribution < -0.4 is 10.6 Å². The van der Waals surface area contributed by atoms with Crippen molar-refractivity contribution in [2.24, 2.45) is 0 Å². The minimum atomic E-state index is -0.118. The van der Waals surface area contributed by atoms with E-state index < -0.39 is 0 Å². The van der Waals surface area contributed by atoms with Crippen molar-refractivity contribution >= 4 is 11.8 Å². The highest BCUT2D eigenvalue weighted by atomic mass is 16.2. The van der Waals surface area contributed by atoms with Gasteiger partial charge in [-0.3, -0.25) is 9.59 Å². The Bertz CT molecular complexity index is 552. The lowest BCUT2D eigenvalue weighted by Gasteiger charge is -2.19. The number of rotatable bonds is 8. The molecule has 1 aliphatic heterocycles. The third kappa shape index (κ3) is 7.26.